The highest BCUT2D eigenvalue weighted by Gasteiger charge is 2.07. The number of carbonyl (C=O) groups is 2. The van der Waals surface area contributed by atoms with Crippen molar-refractivity contribution in [1.82, 2.24) is 4.98 Å². The van der Waals surface area contributed by atoms with Crippen LogP contribution in [0.2, 0.25) is 0 Å². The van der Waals surface area contributed by atoms with Gasteiger partial charge in [-0.3, -0.25) is 4.79 Å². The molecule has 0 aliphatic heterocycles. The molecule has 6 nitrogen and oxygen atoms in total. The summed E-state index contributed by atoms with van der Waals surface area (Å²) in [6, 6.07) is 13.3. The monoisotopic (exact) mass is 352 g/mol. The van der Waals surface area contributed by atoms with E-state index in [0.717, 1.165) is 16.3 Å². The van der Waals surface area contributed by atoms with Crippen LogP contribution in [0.25, 0.3) is 11.3 Å². The summed E-state index contributed by atoms with van der Waals surface area (Å²) < 4.78 is 0. The Morgan fingerprint density at radius 2 is 1.56 bits per heavy atom. The number of nitrogens with two attached hydrogens (primary N) is 1. The Bertz CT molecular complexity index is 902. The van der Waals surface area contributed by atoms with Crippen LogP contribution in [0.1, 0.15) is 15.4 Å². The molecule has 0 bridgehead atoms. The number of urea groups is 1. The maximum atomic E-state index is 12.3. The Morgan fingerprint density at radius 1 is 0.960 bits per heavy atom. The largest absolute Gasteiger partial charge is 0.351 e. The normalized spacial score (nSPS) is 10.3. The lowest BCUT2D eigenvalue weighted by atomic mass is 10.1. The molecule has 126 valence electrons. The second-order valence-electron chi connectivity index (χ2n) is 5.35. The molecule has 0 unspecified atom stereocenters. The second kappa shape index (κ2) is 7.14. The molecular formula is C18H16N4O2S. The van der Waals surface area contributed by atoms with Gasteiger partial charge in [0, 0.05) is 27.9 Å². The number of hydrogen-bond acceptors (Lipinski definition) is 4. The van der Waals surface area contributed by atoms with E-state index in [1.54, 1.807) is 35.6 Å². The first-order valence-electron chi connectivity index (χ1n) is 7.52. The van der Waals surface area contributed by atoms with Crippen LogP contribution in [0, 0.1) is 6.92 Å². The van der Waals surface area contributed by atoms with Crippen LogP contribution in [0.3, 0.4) is 0 Å². The number of nitrogens with zero attached hydrogens (tertiary/aromatic N) is 1. The van der Waals surface area contributed by atoms with Crippen LogP contribution in [-0.4, -0.2) is 16.9 Å². The molecule has 1 heterocycles. The van der Waals surface area contributed by atoms with E-state index in [1.165, 1.54) is 0 Å². The van der Waals surface area contributed by atoms with E-state index in [-0.39, 0.29) is 5.91 Å². The molecule has 2 aromatic carbocycles. The summed E-state index contributed by atoms with van der Waals surface area (Å²) in [5.41, 5.74) is 8.69. The van der Waals surface area contributed by atoms with Gasteiger partial charge in [-0.1, -0.05) is 12.1 Å². The highest BCUT2D eigenvalue weighted by Crippen LogP contribution is 2.23. The van der Waals surface area contributed by atoms with Crippen LogP contribution < -0.4 is 16.4 Å². The van der Waals surface area contributed by atoms with Gasteiger partial charge in [-0.15, -0.1) is 11.3 Å². The van der Waals surface area contributed by atoms with Crippen molar-refractivity contribution in [3.8, 4) is 11.3 Å². The fourth-order valence-electron chi connectivity index (χ4n) is 2.27. The maximum absolute atomic E-state index is 12.3. The van der Waals surface area contributed by atoms with Crippen LogP contribution in [-0.2, 0) is 0 Å². The lowest BCUT2D eigenvalue weighted by Crippen LogP contribution is -2.19. The fraction of sp³-hybridized carbons (Fsp3) is 0.0556. The quantitative estimate of drug-likeness (QED) is 0.665. The number of thiazole rings is 1. The average Bonchev–Trinajstić information content (AvgIpc) is 3.02. The summed E-state index contributed by atoms with van der Waals surface area (Å²) in [5, 5.41) is 8.30. The zero-order valence-corrected chi connectivity index (χ0v) is 14.3. The van der Waals surface area contributed by atoms with Crippen molar-refractivity contribution in [2.45, 2.75) is 6.92 Å². The molecule has 3 rings (SSSR count). The number of anilines is 2. The van der Waals surface area contributed by atoms with Crippen LogP contribution in [0.15, 0.2) is 53.9 Å². The Balaban J connectivity index is 1.67. The molecule has 4 N–H and O–H groups in total. The van der Waals surface area contributed by atoms with Crippen molar-refractivity contribution in [3.05, 3.63) is 64.5 Å². The molecule has 0 saturated carbocycles. The zero-order valence-electron chi connectivity index (χ0n) is 13.4. The molecule has 0 atom stereocenters. The molecule has 7 heteroatoms. The van der Waals surface area contributed by atoms with Crippen molar-refractivity contribution < 1.29 is 9.59 Å². The summed E-state index contributed by atoms with van der Waals surface area (Å²) in [5.74, 6) is -0.233. The number of benzene rings is 2. The number of nitrogens with one attached hydrogen (secondary N) is 2. The third kappa shape index (κ3) is 4.21. The van der Waals surface area contributed by atoms with E-state index in [2.05, 4.69) is 15.6 Å². The number of carbonyl (C=O) groups excluding carboxylic acids is 2. The van der Waals surface area contributed by atoms with Crippen molar-refractivity contribution in [3.63, 3.8) is 0 Å². The topological polar surface area (TPSA) is 97.1 Å². The van der Waals surface area contributed by atoms with E-state index < -0.39 is 6.03 Å². The minimum atomic E-state index is -0.646. The SMILES string of the molecule is Cc1nc(-c2ccc(NC(=O)c3ccc(NC(N)=O)cc3)cc2)cs1. The predicted molar refractivity (Wildman–Crippen MR) is 99.9 cm³/mol. The average molecular weight is 352 g/mol. The summed E-state index contributed by atoms with van der Waals surface area (Å²) in [6.45, 7) is 1.97. The van der Waals surface area contributed by atoms with Gasteiger partial charge < -0.3 is 16.4 Å². The van der Waals surface area contributed by atoms with Gasteiger partial charge in [-0.25, -0.2) is 9.78 Å². The molecule has 3 amide bonds. The Labute approximate surface area is 148 Å². The molecule has 0 aliphatic carbocycles. The van der Waals surface area contributed by atoms with Gasteiger partial charge in [-0.05, 0) is 43.3 Å². The first-order valence-corrected chi connectivity index (χ1v) is 8.40. The molecule has 0 spiro atoms. The smallest absolute Gasteiger partial charge is 0.316 e. The third-order valence-corrected chi connectivity index (χ3v) is 4.25. The predicted octanol–water partition coefficient (Wildman–Crippen LogP) is 3.86. The molecule has 0 radical (unpaired) electrons. The number of aryl methyl sites for hydroxylation is 1. The molecular weight excluding hydrogens is 336 g/mol. The second-order valence-corrected chi connectivity index (χ2v) is 6.41. The van der Waals surface area contributed by atoms with E-state index in [9.17, 15) is 9.59 Å². The van der Waals surface area contributed by atoms with Crippen molar-refractivity contribution in [2.75, 3.05) is 10.6 Å². The summed E-state index contributed by atoms with van der Waals surface area (Å²) in [4.78, 5) is 27.5. The standard InChI is InChI=1S/C18H16N4O2S/c1-11-20-16(10-25-11)12-2-6-14(7-3-12)21-17(23)13-4-8-15(9-5-13)22-18(19)24/h2-10H,1H3,(H,21,23)(H3,19,22,24). The summed E-state index contributed by atoms with van der Waals surface area (Å²) in [7, 11) is 0. The molecule has 0 aliphatic rings. The fourth-order valence-corrected chi connectivity index (χ4v) is 2.89. The Morgan fingerprint density at radius 3 is 2.12 bits per heavy atom. The number of aromatic nitrogens is 1. The van der Waals surface area contributed by atoms with Crippen molar-refractivity contribution >= 4 is 34.6 Å². The summed E-state index contributed by atoms with van der Waals surface area (Å²) in [6.07, 6.45) is 0. The molecule has 0 fully saturated rings. The molecule has 0 saturated heterocycles. The number of amides is 3. The van der Waals surface area contributed by atoms with Gasteiger partial charge in [0.15, 0.2) is 0 Å². The Hall–Kier alpha value is -3.19. The van der Waals surface area contributed by atoms with Gasteiger partial charge in [0.2, 0.25) is 0 Å². The van der Waals surface area contributed by atoms with Crippen molar-refractivity contribution in [2.24, 2.45) is 5.73 Å². The van der Waals surface area contributed by atoms with E-state index in [1.807, 2.05) is 36.6 Å². The molecule has 25 heavy (non-hydrogen) atoms. The lowest BCUT2D eigenvalue weighted by molar-refractivity contribution is 0.102. The highest BCUT2D eigenvalue weighted by atomic mass is 32.1. The molecule has 3 aromatic rings. The number of hydrogen-bond donors (Lipinski definition) is 3. The Kier molecular flexibility index (Phi) is 4.76. The van der Waals surface area contributed by atoms with Gasteiger partial charge in [0.25, 0.3) is 5.91 Å². The van der Waals surface area contributed by atoms with E-state index in [4.69, 9.17) is 5.73 Å². The lowest BCUT2D eigenvalue weighted by Gasteiger charge is -2.07. The highest BCUT2D eigenvalue weighted by molar-refractivity contribution is 7.09. The van der Waals surface area contributed by atoms with Crippen molar-refractivity contribution in [1.29, 1.82) is 0 Å². The number of rotatable bonds is 4. The maximum Gasteiger partial charge on any atom is 0.316 e. The van der Waals surface area contributed by atoms with Crippen LogP contribution in [0.5, 0.6) is 0 Å². The van der Waals surface area contributed by atoms with Gasteiger partial charge in [-0.2, -0.15) is 0 Å². The van der Waals surface area contributed by atoms with E-state index >= 15 is 0 Å². The minimum Gasteiger partial charge on any atom is -0.351 e. The molecule has 1 aromatic heterocycles. The number of primary amides is 1. The first kappa shape index (κ1) is 16.7. The van der Waals surface area contributed by atoms with Crippen LogP contribution >= 0.6 is 11.3 Å². The van der Waals surface area contributed by atoms with Crippen LogP contribution in [0.4, 0.5) is 16.2 Å². The van der Waals surface area contributed by atoms with Gasteiger partial charge in [0.1, 0.15) is 0 Å². The van der Waals surface area contributed by atoms with E-state index in [0.29, 0.717) is 16.9 Å². The third-order valence-electron chi connectivity index (χ3n) is 3.47. The summed E-state index contributed by atoms with van der Waals surface area (Å²) >= 11 is 1.60. The van der Waals surface area contributed by atoms with Gasteiger partial charge in [0.05, 0.1) is 10.7 Å². The zero-order chi connectivity index (χ0) is 17.8. The minimum absolute atomic E-state index is 0.233. The first-order chi connectivity index (χ1) is 12.0. The van der Waals surface area contributed by atoms with Gasteiger partial charge >= 0.3 is 6.03 Å².